The van der Waals surface area contributed by atoms with Crippen molar-refractivity contribution in [1.29, 1.82) is 0 Å². The van der Waals surface area contributed by atoms with Crippen molar-refractivity contribution in [1.82, 2.24) is 5.32 Å². The largest absolute Gasteiger partial charge is 0.305 e. The fraction of sp³-hybridized carbons (Fsp3) is 0.636. The van der Waals surface area contributed by atoms with E-state index in [9.17, 15) is 0 Å². The standard InChI is InChI=1S/C11H17N/c1-2-11(12-10-6-7-10)8-4-3-5-9-11/h3-5,8,10,12H,2,6-7,9H2,1H3. The maximum Gasteiger partial charge on any atom is 0.0401 e. The van der Waals surface area contributed by atoms with Gasteiger partial charge < -0.3 is 5.32 Å². The third-order valence-electron chi connectivity index (χ3n) is 2.84. The normalized spacial score (nSPS) is 34.1. The van der Waals surface area contributed by atoms with Crippen LogP contribution < -0.4 is 5.32 Å². The van der Waals surface area contributed by atoms with Crippen LogP contribution in [0.4, 0.5) is 0 Å². The Bertz CT molecular complexity index is 213. The van der Waals surface area contributed by atoms with Gasteiger partial charge >= 0.3 is 0 Å². The number of hydrogen-bond acceptors (Lipinski definition) is 1. The number of nitrogens with one attached hydrogen (secondary N) is 1. The Morgan fingerprint density at radius 3 is 2.75 bits per heavy atom. The van der Waals surface area contributed by atoms with Crippen LogP contribution in [0, 0.1) is 0 Å². The SMILES string of the molecule is CCC1(NC2CC2)C=CC=CC1. The molecule has 0 aliphatic heterocycles. The first-order chi connectivity index (χ1) is 5.85. The second kappa shape index (κ2) is 3.06. The Labute approximate surface area is 74.5 Å². The van der Waals surface area contributed by atoms with Gasteiger partial charge in [-0.2, -0.15) is 0 Å². The second-order valence-electron chi connectivity index (χ2n) is 3.92. The molecule has 0 aromatic carbocycles. The van der Waals surface area contributed by atoms with Crippen LogP contribution in [-0.4, -0.2) is 11.6 Å². The van der Waals surface area contributed by atoms with Gasteiger partial charge in [-0.1, -0.05) is 31.2 Å². The third kappa shape index (κ3) is 1.61. The van der Waals surface area contributed by atoms with E-state index in [1.54, 1.807) is 0 Å². The molecule has 1 unspecified atom stereocenters. The number of rotatable bonds is 3. The predicted molar refractivity (Wildman–Crippen MR) is 52.1 cm³/mol. The van der Waals surface area contributed by atoms with Crippen molar-refractivity contribution >= 4 is 0 Å². The maximum absolute atomic E-state index is 3.72. The van der Waals surface area contributed by atoms with Gasteiger partial charge in [-0.05, 0) is 25.7 Å². The van der Waals surface area contributed by atoms with Gasteiger partial charge in [-0.25, -0.2) is 0 Å². The first-order valence-corrected chi connectivity index (χ1v) is 4.97. The molecule has 12 heavy (non-hydrogen) atoms. The van der Waals surface area contributed by atoms with Gasteiger partial charge in [0.05, 0.1) is 0 Å². The highest BCUT2D eigenvalue weighted by Gasteiger charge is 2.32. The topological polar surface area (TPSA) is 12.0 Å². The van der Waals surface area contributed by atoms with E-state index in [0.717, 1.165) is 12.5 Å². The van der Waals surface area contributed by atoms with E-state index in [-0.39, 0.29) is 5.54 Å². The van der Waals surface area contributed by atoms with E-state index < -0.39 is 0 Å². The molecule has 1 fully saturated rings. The zero-order valence-electron chi connectivity index (χ0n) is 7.72. The summed E-state index contributed by atoms with van der Waals surface area (Å²) < 4.78 is 0. The smallest absolute Gasteiger partial charge is 0.0401 e. The van der Waals surface area contributed by atoms with E-state index in [1.807, 2.05) is 0 Å². The molecule has 0 aromatic heterocycles. The van der Waals surface area contributed by atoms with Crippen molar-refractivity contribution in [2.75, 3.05) is 0 Å². The molecular formula is C11H17N. The van der Waals surface area contributed by atoms with Crippen molar-refractivity contribution in [3.63, 3.8) is 0 Å². The van der Waals surface area contributed by atoms with Crippen LogP contribution in [-0.2, 0) is 0 Å². The highest BCUT2D eigenvalue weighted by atomic mass is 15.0. The van der Waals surface area contributed by atoms with Crippen LogP contribution >= 0.6 is 0 Å². The van der Waals surface area contributed by atoms with E-state index in [1.165, 1.54) is 19.3 Å². The minimum Gasteiger partial charge on any atom is -0.305 e. The Kier molecular flexibility index (Phi) is 2.05. The lowest BCUT2D eigenvalue weighted by Crippen LogP contribution is -2.44. The summed E-state index contributed by atoms with van der Waals surface area (Å²) in [6, 6.07) is 0.807. The Hall–Kier alpha value is -0.560. The Morgan fingerprint density at radius 1 is 1.42 bits per heavy atom. The Morgan fingerprint density at radius 2 is 2.25 bits per heavy atom. The zero-order valence-corrected chi connectivity index (χ0v) is 7.72. The summed E-state index contributed by atoms with van der Waals surface area (Å²) in [4.78, 5) is 0. The fourth-order valence-electron chi connectivity index (χ4n) is 1.77. The van der Waals surface area contributed by atoms with Gasteiger partial charge in [0, 0.05) is 11.6 Å². The summed E-state index contributed by atoms with van der Waals surface area (Å²) in [6.07, 6.45) is 14.0. The van der Waals surface area contributed by atoms with E-state index in [0.29, 0.717) is 0 Å². The van der Waals surface area contributed by atoms with Gasteiger partial charge in [0.2, 0.25) is 0 Å². The van der Waals surface area contributed by atoms with Crippen LogP contribution in [0.3, 0.4) is 0 Å². The zero-order chi connectivity index (χ0) is 8.44. The molecule has 1 N–H and O–H groups in total. The Balaban J connectivity index is 2.01. The molecule has 0 aromatic rings. The highest BCUT2D eigenvalue weighted by Crippen LogP contribution is 2.28. The monoisotopic (exact) mass is 163 g/mol. The summed E-state index contributed by atoms with van der Waals surface area (Å²) >= 11 is 0. The minimum absolute atomic E-state index is 0.288. The average molecular weight is 163 g/mol. The summed E-state index contributed by atoms with van der Waals surface area (Å²) in [5.74, 6) is 0. The quantitative estimate of drug-likeness (QED) is 0.673. The molecule has 2 rings (SSSR count). The van der Waals surface area contributed by atoms with Crippen LogP contribution in [0.5, 0.6) is 0 Å². The van der Waals surface area contributed by atoms with Gasteiger partial charge in [0.1, 0.15) is 0 Å². The lowest BCUT2D eigenvalue weighted by atomic mass is 9.88. The summed E-state index contributed by atoms with van der Waals surface area (Å²) in [5.41, 5.74) is 0.288. The second-order valence-corrected chi connectivity index (χ2v) is 3.92. The molecule has 0 heterocycles. The molecule has 1 heteroatoms. The van der Waals surface area contributed by atoms with Gasteiger partial charge in [0.15, 0.2) is 0 Å². The van der Waals surface area contributed by atoms with Crippen molar-refractivity contribution in [2.24, 2.45) is 0 Å². The first-order valence-electron chi connectivity index (χ1n) is 4.97. The molecule has 0 amide bonds. The first kappa shape index (κ1) is 8.06. The number of allylic oxidation sites excluding steroid dienone is 2. The molecule has 1 atom stereocenters. The van der Waals surface area contributed by atoms with Gasteiger partial charge in [0.25, 0.3) is 0 Å². The lowest BCUT2D eigenvalue weighted by molar-refractivity contribution is 0.385. The van der Waals surface area contributed by atoms with Crippen molar-refractivity contribution in [3.05, 3.63) is 24.3 Å². The van der Waals surface area contributed by atoms with Crippen molar-refractivity contribution < 1.29 is 0 Å². The van der Waals surface area contributed by atoms with E-state index in [4.69, 9.17) is 0 Å². The molecule has 1 nitrogen and oxygen atoms in total. The van der Waals surface area contributed by atoms with Crippen LogP contribution in [0.2, 0.25) is 0 Å². The predicted octanol–water partition coefficient (Wildman–Crippen LogP) is 2.40. The third-order valence-corrected chi connectivity index (χ3v) is 2.84. The van der Waals surface area contributed by atoms with Gasteiger partial charge in [-0.3, -0.25) is 0 Å². The van der Waals surface area contributed by atoms with Gasteiger partial charge in [-0.15, -0.1) is 0 Å². The molecule has 0 bridgehead atoms. The minimum atomic E-state index is 0.288. The maximum atomic E-state index is 3.72. The molecule has 1 saturated carbocycles. The van der Waals surface area contributed by atoms with Crippen LogP contribution in [0.1, 0.15) is 32.6 Å². The molecule has 2 aliphatic rings. The molecular weight excluding hydrogens is 146 g/mol. The van der Waals surface area contributed by atoms with E-state index >= 15 is 0 Å². The molecule has 0 saturated heterocycles. The van der Waals surface area contributed by atoms with Crippen molar-refractivity contribution in [2.45, 2.75) is 44.2 Å². The van der Waals surface area contributed by atoms with Crippen LogP contribution in [0.25, 0.3) is 0 Å². The fourth-order valence-corrected chi connectivity index (χ4v) is 1.77. The molecule has 0 radical (unpaired) electrons. The van der Waals surface area contributed by atoms with E-state index in [2.05, 4.69) is 36.5 Å². The summed E-state index contributed by atoms with van der Waals surface area (Å²) in [7, 11) is 0. The lowest BCUT2D eigenvalue weighted by Gasteiger charge is -2.31. The van der Waals surface area contributed by atoms with Crippen molar-refractivity contribution in [3.8, 4) is 0 Å². The molecule has 66 valence electrons. The summed E-state index contributed by atoms with van der Waals surface area (Å²) in [5, 5.41) is 3.72. The number of hydrogen-bond donors (Lipinski definition) is 1. The summed E-state index contributed by atoms with van der Waals surface area (Å²) in [6.45, 7) is 2.26. The highest BCUT2D eigenvalue weighted by molar-refractivity contribution is 5.21. The average Bonchev–Trinajstić information content (AvgIpc) is 2.90. The molecule has 2 aliphatic carbocycles. The molecule has 0 spiro atoms. The van der Waals surface area contributed by atoms with Crippen LogP contribution in [0.15, 0.2) is 24.3 Å².